The maximum Gasteiger partial charge on any atom is 0.418 e. The number of halogens is 6. The standard InChI is InChI=1S/C27H22F6N6O2/c1-2-14-16(25(40)37-21-11-38(10-20(21)30)26(41)15-5-3-4-6-18(15)28)7-13(8-19(14)29)22-9-17(27(31,32)33)23-24(34)35-12-36-39(22)23/h3-9,12,20-21H,2,10-11H2,1H3,(H,37,40)(H2,34,35,36)/t20-,21+/m0/s1. The summed E-state index contributed by atoms with van der Waals surface area (Å²) in [5.74, 6) is -3.76. The van der Waals surface area contributed by atoms with Gasteiger partial charge in [0.05, 0.1) is 29.4 Å². The third-order valence-corrected chi connectivity index (χ3v) is 6.93. The highest BCUT2D eigenvalue weighted by Crippen LogP contribution is 2.39. The molecule has 41 heavy (non-hydrogen) atoms. The average molecular weight is 577 g/mol. The number of hydrogen-bond acceptors (Lipinski definition) is 5. The van der Waals surface area contributed by atoms with Gasteiger partial charge in [0, 0.05) is 23.2 Å². The van der Waals surface area contributed by atoms with Gasteiger partial charge in [0.15, 0.2) is 5.82 Å². The highest BCUT2D eigenvalue weighted by molar-refractivity contribution is 5.98. The van der Waals surface area contributed by atoms with E-state index in [1.807, 2.05) is 0 Å². The number of nitrogen functional groups attached to an aromatic ring is 1. The minimum absolute atomic E-state index is 0.0360. The molecule has 3 N–H and O–H groups in total. The fourth-order valence-corrected chi connectivity index (χ4v) is 4.95. The van der Waals surface area contributed by atoms with E-state index in [9.17, 15) is 31.5 Å². The lowest BCUT2D eigenvalue weighted by Gasteiger charge is -2.18. The smallest absolute Gasteiger partial charge is 0.382 e. The Kier molecular flexibility index (Phi) is 7.09. The van der Waals surface area contributed by atoms with E-state index in [0.717, 1.165) is 33.9 Å². The van der Waals surface area contributed by atoms with E-state index in [0.29, 0.717) is 0 Å². The molecule has 2 amide bonds. The van der Waals surface area contributed by atoms with E-state index in [1.165, 1.54) is 24.3 Å². The van der Waals surface area contributed by atoms with Crippen molar-refractivity contribution in [3.8, 4) is 11.3 Å². The van der Waals surface area contributed by atoms with Crippen molar-refractivity contribution in [3.05, 3.63) is 82.7 Å². The molecule has 0 saturated carbocycles. The van der Waals surface area contributed by atoms with Gasteiger partial charge in [0.1, 0.15) is 29.7 Å². The number of likely N-dealkylation sites (tertiary alicyclic amines) is 1. The Balaban J connectivity index is 1.48. The van der Waals surface area contributed by atoms with E-state index in [4.69, 9.17) is 5.73 Å². The Bertz CT molecular complexity index is 1670. The van der Waals surface area contributed by atoms with Crippen molar-refractivity contribution in [1.29, 1.82) is 0 Å². The summed E-state index contributed by atoms with van der Waals surface area (Å²) < 4.78 is 86.4. The first-order chi connectivity index (χ1) is 19.4. The molecule has 2 aromatic heterocycles. The minimum atomic E-state index is -4.84. The largest absolute Gasteiger partial charge is 0.418 e. The molecule has 0 radical (unpaired) electrons. The summed E-state index contributed by atoms with van der Waals surface area (Å²) >= 11 is 0. The van der Waals surface area contributed by atoms with Gasteiger partial charge >= 0.3 is 6.18 Å². The Morgan fingerprint density at radius 3 is 2.49 bits per heavy atom. The summed E-state index contributed by atoms with van der Waals surface area (Å²) in [5.41, 5.74) is 3.14. The lowest BCUT2D eigenvalue weighted by Crippen LogP contribution is -2.42. The van der Waals surface area contributed by atoms with Crippen LogP contribution >= 0.6 is 0 Å². The maximum atomic E-state index is 15.2. The van der Waals surface area contributed by atoms with Crippen molar-refractivity contribution in [2.45, 2.75) is 31.7 Å². The maximum absolute atomic E-state index is 15.2. The molecule has 8 nitrogen and oxygen atoms in total. The minimum Gasteiger partial charge on any atom is -0.382 e. The molecule has 214 valence electrons. The molecule has 1 fully saturated rings. The third kappa shape index (κ3) is 5.05. The first-order valence-corrected chi connectivity index (χ1v) is 12.4. The van der Waals surface area contributed by atoms with Gasteiger partial charge in [-0.3, -0.25) is 9.59 Å². The zero-order chi connectivity index (χ0) is 29.6. The molecule has 14 heteroatoms. The molecule has 0 bridgehead atoms. The molecule has 0 unspecified atom stereocenters. The Morgan fingerprint density at radius 2 is 1.80 bits per heavy atom. The second-order valence-electron chi connectivity index (χ2n) is 9.47. The highest BCUT2D eigenvalue weighted by atomic mass is 19.4. The lowest BCUT2D eigenvalue weighted by molar-refractivity contribution is -0.136. The lowest BCUT2D eigenvalue weighted by atomic mass is 9.98. The zero-order valence-electron chi connectivity index (χ0n) is 21.3. The number of nitrogens with two attached hydrogens (primary N) is 1. The van der Waals surface area contributed by atoms with Crippen LogP contribution in [0, 0.1) is 11.6 Å². The molecule has 1 aliphatic heterocycles. The molecule has 5 rings (SSSR count). The van der Waals surface area contributed by atoms with Crippen molar-refractivity contribution >= 4 is 23.1 Å². The van der Waals surface area contributed by atoms with Gasteiger partial charge in [-0.25, -0.2) is 22.7 Å². The molecular formula is C27H22F6N6O2. The van der Waals surface area contributed by atoms with Gasteiger partial charge in [-0.1, -0.05) is 19.1 Å². The van der Waals surface area contributed by atoms with Gasteiger partial charge < -0.3 is 16.0 Å². The predicted octanol–water partition coefficient (Wildman–Crippen LogP) is 4.43. The molecule has 0 aliphatic carbocycles. The molecule has 0 spiro atoms. The first-order valence-electron chi connectivity index (χ1n) is 12.4. The van der Waals surface area contributed by atoms with Crippen LogP contribution in [0.5, 0.6) is 0 Å². The highest BCUT2D eigenvalue weighted by Gasteiger charge is 2.39. The monoisotopic (exact) mass is 576 g/mol. The van der Waals surface area contributed by atoms with Gasteiger partial charge in [0.2, 0.25) is 0 Å². The van der Waals surface area contributed by atoms with E-state index in [2.05, 4.69) is 15.4 Å². The van der Waals surface area contributed by atoms with Crippen LogP contribution in [0.25, 0.3) is 16.8 Å². The van der Waals surface area contributed by atoms with Crippen molar-refractivity contribution in [2.75, 3.05) is 18.8 Å². The number of hydrogen-bond donors (Lipinski definition) is 2. The first kappa shape index (κ1) is 27.9. The van der Waals surface area contributed by atoms with Gasteiger partial charge in [-0.2, -0.15) is 18.3 Å². The number of nitrogens with zero attached hydrogens (tertiary/aromatic N) is 4. The zero-order valence-corrected chi connectivity index (χ0v) is 21.3. The summed E-state index contributed by atoms with van der Waals surface area (Å²) in [5, 5.41) is 6.29. The number of amides is 2. The van der Waals surface area contributed by atoms with Crippen molar-refractivity contribution < 1.29 is 35.9 Å². The molecule has 1 saturated heterocycles. The Hall–Kier alpha value is -4.62. The number of fused-ring (bicyclic) bond motifs is 1. The summed E-state index contributed by atoms with van der Waals surface area (Å²) in [7, 11) is 0. The van der Waals surface area contributed by atoms with Gasteiger partial charge in [0.25, 0.3) is 11.8 Å². The molecule has 2 atom stereocenters. The average Bonchev–Trinajstić information content (AvgIpc) is 3.50. The fraction of sp³-hybridized carbons (Fsp3) is 0.259. The van der Waals surface area contributed by atoms with Crippen LogP contribution in [0.1, 0.15) is 38.8 Å². The van der Waals surface area contributed by atoms with Gasteiger partial charge in [-0.05, 0) is 36.8 Å². The van der Waals surface area contributed by atoms with Crippen LogP contribution < -0.4 is 11.1 Å². The van der Waals surface area contributed by atoms with E-state index in [-0.39, 0.29) is 40.9 Å². The summed E-state index contributed by atoms with van der Waals surface area (Å²) in [6.07, 6.45) is -5.58. The van der Waals surface area contributed by atoms with E-state index < -0.39 is 65.3 Å². The number of rotatable bonds is 5. The Morgan fingerprint density at radius 1 is 1.07 bits per heavy atom. The summed E-state index contributed by atoms with van der Waals surface area (Å²) in [6, 6.07) is 6.88. The summed E-state index contributed by atoms with van der Waals surface area (Å²) in [6.45, 7) is 0.877. The quantitative estimate of drug-likeness (QED) is 0.342. The second kappa shape index (κ2) is 10.4. The van der Waals surface area contributed by atoms with Crippen molar-refractivity contribution in [3.63, 3.8) is 0 Å². The normalized spacial score (nSPS) is 17.3. The predicted molar refractivity (Wildman–Crippen MR) is 136 cm³/mol. The van der Waals surface area contributed by atoms with Gasteiger partial charge in [-0.15, -0.1) is 0 Å². The van der Waals surface area contributed by atoms with Crippen molar-refractivity contribution in [2.24, 2.45) is 0 Å². The molecule has 3 heterocycles. The SMILES string of the molecule is CCc1c(F)cc(-c2cc(C(F)(F)F)c3c(N)ncnn23)cc1C(=O)N[C@@H]1CN(C(=O)c2ccccc2F)C[C@@H]1F. The number of anilines is 1. The van der Waals surface area contributed by atoms with Crippen LogP contribution in [0.2, 0.25) is 0 Å². The fourth-order valence-electron chi connectivity index (χ4n) is 4.95. The van der Waals surface area contributed by atoms with Crippen LogP contribution in [0.4, 0.5) is 32.2 Å². The molecular weight excluding hydrogens is 554 g/mol. The van der Waals surface area contributed by atoms with Crippen molar-refractivity contribution in [1.82, 2.24) is 24.8 Å². The third-order valence-electron chi connectivity index (χ3n) is 6.93. The van der Waals surface area contributed by atoms with Crippen LogP contribution in [-0.2, 0) is 12.6 Å². The number of carbonyl (C=O) groups excluding carboxylic acids is 2. The topological polar surface area (TPSA) is 106 Å². The van der Waals surface area contributed by atoms with Crippen LogP contribution in [0.3, 0.4) is 0 Å². The van der Waals surface area contributed by atoms with E-state index >= 15 is 4.39 Å². The Labute approximate surface area is 228 Å². The number of carbonyl (C=O) groups is 2. The molecule has 4 aromatic rings. The number of alkyl halides is 4. The summed E-state index contributed by atoms with van der Waals surface area (Å²) in [4.78, 5) is 30.7. The molecule has 1 aliphatic rings. The van der Waals surface area contributed by atoms with Crippen LogP contribution in [0.15, 0.2) is 48.8 Å². The number of nitrogens with one attached hydrogen (secondary N) is 1. The molecule has 2 aromatic carbocycles. The van der Waals surface area contributed by atoms with Crippen LogP contribution in [-0.4, -0.2) is 56.6 Å². The number of aromatic nitrogens is 3. The number of benzene rings is 2. The van der Waals surface area contributed by atoms with E-state index in [1.54, 1.807) is 6.92 Å². The second-order valence-corrected chi connectivity index (χ2v) is 9.47.